The van der Waals surface area contributed by atoms with E-state index in [0.29, 0.717) is 0 Å². The predicted molar refractivity (Wildman–Crippen MR) is 64.9 cm³/mol. The maximum absolute atomic E-state index is 14.0. The van der Waals surface area contributed by atoms with Crippen LogP contribution in [-0.2, 0) is 9.53 Å². The molecule has 26 heavy (non-hydrogen) atoms. The van der Waals surface area contributed by atoms with Crippen LogP contribution in [0.25, 0.3) is 0 Å². The number of amides is 1. The van der Waals surface area contributed by atoms with Gasteiger partial charge in [0, 0.05) is 24.8 Å². The van der Waals surface area contributed by atoms with Crippen LogP contribution < -0.4 is 0 Å². The van der Waals surface area contributed by atoms with Crippen LogP contribution in [0, 0.1) is 0 Å². The summed E-state index contributed by atoms with van der Waals surface area (Å²) in [6.07, 6.45) is -20.9. The first-order valence-electron chi connectivity index (χ1n) is 6.08. The molecule has 0 radical (unpaired) electrons. The zero-order chi connectivity index (χ0) is 21.2. The van der Waals surface area contributed by atoms with Crippen LogP contribution in [0.1, 0.15) is 0 Å². The highest BCUT2D eigenvalue weighted by molar-refractivity contribution is 6.18. The van der Waals surface area contributed by atoms with Gasteiger partial charge in [0.2, 0.25) is 0 Å². The molecule has 3 nitrogen and oxygen atoms in total. The van der Waals surface area contributed by atoms with Crippen LogP contribution in [0.5, 0.6) is 0 Å². The minimum absolute atomic E-state index is 0.227. The van der Waals surface area contributed by atoms with Crippen LogP contribution >= 0.6 is 23.2 Å². The Morgan fingerprint density at radius 2 is 1.15 bits per heavy atom. The van der Waals surface area contributed by atoms with Crippen molar-refractivity contribution in [1.82, 2.24) is 4.90 Å². The van der Waals surface area contributed by atoms with E-state index in [2.05, 4.69) is 4.74 Å². The quantitative estimate of drug-likeness (QED) is 0.404. The average Bonchev–Trinajstić information content (AvgIpc) is 2.43. The highest BCUT2D eigenvalue weighted by Gasteiger charge is 2.79. The Morgan fingerprint density at radius 3 is 1.42 bits per heavy atom. The third kappa shape index (κ3) is 4.94. The first-order chi connectivity index (χ1) is 11.4. The molecule has 0 heterocycles. The highest BCUT2D eigenvalue weighted by Crippen LogP contribution is 2.51. The summed E-state index contributed by atoms with van der Waals surface area (Å²) in [6.45, 7) is -1.86. The summed E-state index contributed by atoms with van der Waals surface area (Å²) >= 11 is 10.2. The summed E-state index contributed by atoms with van der Waals surface area (Å²) in [5, 5.41) is 0. The molecule has 1 amide bonds. The third-order valence-corrected chi connectivity index (χ3v) is 2.96. The molecule has 0 rings (SSSR count). The minimum Gasteiger partial charge on any atom is -0.335 e. The molecule has 0 aliphatic carbocycles. The molecule has 0 saturated carbocycles. The number of rotatable bonds is 8. The van der Waals surface area contributed by atoms with E-state index in [1.165, 1.54) is 0 Å². The third-order valence-electron chi connectivity index (χ3n) is 2.63. The monoisotopic (exact) mass is 453 g/mol. The SMILES string of the molecule is O=C(N(CCCl)CCCl)C(F)(OC(F)(F)C(F)(F)C(F)(F)F)C(F)(F)F. The molecule has 0 bridgehead atoms. The lowest BCUT2D eigenvalue weighted by atomic mass is 10.2. The molecule has 1 atom stereocenters. The molecule has 0 aromatic rings. The zero-order valence-electron chi connectivity index (χ0n) is 12.0. The first kappa shape index (κ1) is 25.2. The van der Waals surface area contributed by atoms with E-state index < -0.39 is 61.0 Å². The molecule has 0 saturated heterocycles. The van der Waals surface area contributed by atoms with Gasteiger partial charge in [0.15, 0.2) is 0 Å². The van der Waals surface area contributed by atoms with Crippen molar-refractivity contribution in [1.29, 1.82) is 0 Å². The molecule has 0 spiro atoms. The lowest BCUT2D eigenvalue weighted by molar-refractivity contribution is -0.473. The number of hydrogen-bond acceptors (Lipinski definition) is 2. The maximum atomic E-state index is 14.0. The predicted octanol–water partition coefficient (Wildman–Crippen LogP) is 4.33. The second-order valence-electron chi connectivity index (χ2n) is 4.45. The zero-order valence-corrected chi connectivity index (χ0v) is 13.5. The fourth-order valence-corrected chi connectivity index (χ4v) is 1.76. The summed E-state index contributed by atoms with van der Waals surface area (Å²) in [4.78, 5) is 11.3. The lowest BCUT2D eigenvalue weighted by Gasteiger charge is -2.36. The molecule has 0 aromatic heterocycles. The molecule has 0 aromatic carbocycles. The molecule has 0 aliphatic heterocycles. The molecular formula is C10H8Cl2F11NO2. The van der Waals surface area contributed by atoms with Crippen molar-refractivity contribution in [3.63, 3.8) is 0 Å². The van der Waals surface area contributed by atoms with E-state index in [4.69, 9.17) is 23.2 Å². The van der Waals surface area contributed by atoms with Gasteiger partial charge in [-0.2, -0.15) is 48.3 Å². The Kier molecular flexibility index (Phi) is 7.85. The Balaban J connectivity index is 6.09. The fourth-order valence-electron chi connectivity index (χ4n) is 1.35. The number of halogens is 13. The second-order valence-corrected chi connectivity index (χ2v) is 5.21. The van der Waals surface area contributed by atoms with Crippen molar-refractivity contribution in [2.24, 2.45) is 0 Å². The fraction of sp³-hybridized carbons (Fsp3) is 0.900. The van der Waals surface area contributed by atoms with Crippen molar-refractivity contribution in [2.75, 3.05) is 24.8 Å². The van der Waals surface area contributed by atoms with E-state index >= 15 is 0 Å². The number of hydrogen-bond donors (Lipinski definition) is 0. The molecule has 0 fully saturated rings. The number of carbonyl (C=O) groups is 1. The van der Waals surface area contributed by atoms with Gasteiger partial charge < -0.3 is 4.90 Å². The number of nitrogens with zero attached hydrogens (tertiary/aromatic N) is 1. The van der Waals surface area contributed by atoms with E-state index in [1.54, 1.807) is 0 Å². The molecule has 0 N–H and O–H groups in total. The van der Waals surface area contributed by atoms with Crippen LogP contribution in [-0.4, -0.2) is 65.9 Å². The maximum Gasteiger partial charge on any atom is 0.462 e. The number of carbonyl (C=O) groups excluding carboxylic acids is 1. The van der Waals surface area contributed by atoms with Gasteiger partial charge in [-0.15, -0.1) is 23.2 Å². The van der Waals surface area contributed by atoms with Crippen molar-refractivity contribution in [2.45, 2.75) is 30.2 Å². The van der Waals surface area contributed by atoms with Gasteiger partial charge in [-0.3, -0.25) is 9.53 Å². The van der Waals surface area contributed by atoms with E-state index in [1.807, 2.05) is 0 Å². The second kappa shape index (κ2) is 8.09. The lowest BCUT2D eigenvalue weighted by Crippen LogP contribution is -2.64. The smallest absolute Gasteiger partial charge is 0.335 e. The Morgan fingerprint density at radius 1 is 0.769 bits per heavy atom. The van der Waals surface area contributed by atoms with Gasteiger partial charge in [-0.1, -0.05) is 0 Å². The minimum atomic E-state index is -7.24. The highest BCUT2D eigenvalue weighted by atomic mass is 35.5. The largest absolute Gasteiger partial charge is 0.462 e. The molecular weight excluding hydrogens is 446 g/mol. The summed E-state index contributed by atoms with van der Waals surface area (Å²) in [5.41, 5.74) is 0. The summed E-state index contributed by atoms with van der Waals surface area (Å²) in [5.74, 6) is -17.9. The standard InChI is InChI=1S/C10H8Cl2F11NO2/c11-1-3-24(4-2-12)5(25)6(13,8(16,17)18)26-10(22,23)7(14,15)9(19,20)21/h1-4H2. The Bertz CT molecular complexity index is 490. The van der Waals surface area contributed by atoms with Gasteiger partial charge in [-0.25, -0.2) is 0 Å². The topological polar surface area (TPSA) is 29.5 Å². The first-order valence-corrected chi connectivity index (χ1v) is 7.15. The Hall–Kier alpha value is -0.760. The Labute approximate surface area is 147 Å². The van der Waals surface area contributed by atoms with Crippen LogP contribution in [0.3, 0.4) is 0 Å². The van der Waals surface area contributed by atoms with Crippen molar-refractivity contribution >= 4 is 29.1 Å². The van der Waals surface area contributed by atoms with Crippen LogP contribution in [0.2, 0.25) is 0 Å². The summed E-state index contributed by atoms with van der Waals surface area (Å²) < 4.78 is 142. The van der Waals surface area contributed by atoms with Crippen molar-refractivity contribution in [3.05, 3.63) is 0 Å². The summed E-state index contributed by atoms with van der Waals surface area (Å²) in [6, 6.07) is 0. The molecule has 16 heteroatoms. The van der Waals surface area contributed by atoms with Gasteiger partial charge in [0.05, 0.1) is 0 Å². The average molecular weight is 454 g/mol. The van der Waals surface area contributed by atoms with Gasteiger partial charge in [0.25, 0.3) is 5.91 Å². The summed E-state index contributed by atoms with van der Waals surface area (Å²) in [7, 11) is 0. The molecule has 1 unspecified atom stereocenters. The van der Waals surface area contributed by atoms with Crippen LogP contribution in [0.15, 0.2) is 0 Å². The normalized spacial score (nSPS) is 16.3. The van der Waals surface area contributed by atoms with Crippen LogP contribution in [0.4, 0.5) is 48.3 Å². The molecule has 156 valence electrons. The van der Waals surface area contributed by atoms with Gasteiger partial charge in [-0.05, 0) is 0 Å². The van der Waals surface area contributed by atoms with Crippen molar-refractivity contribution < 1.29 is 57.8 Å². The van der Waals surface area contributed by atoms with Gasteiger partial charge >= 0.3 is 30.2 Å². The van der Waals surface area contributed by atoms with E-state index in [0.717, 1.165) is 0 Å². The molecule has 0 aliphatic rings. The van der Waals surface area contributed by atoms with Crippen molar-refractivity contribution in [3.8, 4) is 0 Å². The van der Waals surface area contributed by atoms with E-state index in [-0.39, 0.29) is 4.90 Å². The number of ether oxygens (including phenoxy) is 1. The van der Waals surface area contributed by atoms with Gasteiger partial charge in [0.1, 0.15) is 0 Å². The van der Waals surface area contributed by atoms with E-state index in [9.17, 15) is 53.1 Å². The number of alkyl halides is 13.